The number of amides is 1. The lowest BCUT2D eigenvalue weighted by Gasteiger charge is -2.16. The van der Waals surface area contributed by atoms with Crippen molar-refractivity contribution >= 4 is 5.91 Å². The minimum atomic E-state index is 0.148. The Balaban J connectivity index is 1.71. The molecule has 2 aromatic rings. The number of rotatable bonds is 6. The van der Waals surface area contributed by atoms with Gasteiger partial charge < -0.3 is 9.64 Å². The van der Waals surface area contributed by atoms with Crippen molar-refractivity contribution in [1.29, 1.82) is 0 Å². The summed E-state index contributed by atoms with van der Waals surface area (Å²) >= 11 is 0. The molecule has 0 spiro atoms. The van der Waals surface area contributed by atoms with Crippen molar-refractivity contribution in [3.05, 3.63) is 36.5 Å². The number of benzene rings is 1. The van der Waals surface area contributed by atoms with E-state index in [1.807, 2.05) is 35.2 Å². The highest BCUT2D eigenvalue weighted by Gasteiger charge is 2.19. The van der Waals surface area contributed by atoms with Gasteiger partial charge in [-0.1, -0.05) is 6.92 Å². The van der Waals surface area contributed by atoms with Gasteiger partial charge in [0.25, 0.3) is 0 Å². The summed E-state index contributed by atoms with van der Waals surface area (Å²) in [5, 5.41) is 4.31. The maximum absolute atomic E-state index is 12.3. The zero-order chi connectivity index (χ0) is 16.1. The molecule has 1 fully saturated rings. The van der Waals surface area contributed by atoms with Crippen molar-refractivity contribution < 1.29 is 9.53 Å². The fourth-order valence-corrected chi connectivity index (χ4v) is 2.84. The first-order chi connectivity index (χ1) is 11.3. The third kappa shape index (κ3) is 3.73. The molecule has 0 bridgehead atoms. The number of nitrogens with zero attached hydrogens (tertiary/aromatic N) is 3. The average molecular weight is 313 g/mol. The van der Waals surface area contributed by atoms with E-state index in [-0.39, 0.29) is 5.91 Å². The molecule has 0 atom stereocenters. The van der Waals surface area contributed by atoms with E-state index in [4.69, 9.17) is 4.74 Å². The van der Waals surface area contributed by atoms with Crippen LogP contribution in [0.15, 0.2) is 36.5 Å². The smallest absolute Gasteiger partial charge is 0.244 e. The standard InChI is InChI=1S/C18H23N3O2/c1-2-13-23-16-7-5-15(6-8-16)17-9-10-19-21(17)14-18(22)20-11-3-4-12-20/h5-10H,2-4,11-14H2,1H3. The van der Waals surface area contributed by atoms with Gasteiger partial charge in [0.1, 0.15) is 12.3 Å². The predicted octanol–water partition coefficient (Wildman–Crippen LogP) is 2.96. The molecule has 0 unspecified atom stereocenters. The molecule has 5 nitrogen and oxygen atoms in total. The number of hydrogen-bond acceptors (Lipinski definition) is 3. The predicted molar refractivity (Wildman–Crippen MR) is 89.3 cm³/mol. The molecule has 5 heteroatoms. The minimum Gasteiger partial charge on any atom is -0.494 e. The van der Waals surface area contributed by atoms with Gasteiger partial charge in [-0.25, -0.2) is 0 Å². The molecule has 1 aromatic heterocycles. The van der Waals surface area contributed by atoms with E-state index in [9.17, 15) is 4.79 Å². The molecule has 0 aliphatic carbocycles. The Bertz CT molecular complexity index is 643. The van der Waals surface area contributed by atoms with Crippen LogP contribution in [0.2, 0.25) is 0 Å². The first kappa shape index (κ1) is 15.6. The third-order valence-electron chi connectivity index (χ3n) is 4.08. The van der Waals surface area contributed by atoms with Gasteiger partial charge in [0.15, 0.2) is 0 Å². The number of ether oxygens (including phenoxy) is 1. The summed E-state index contributed by atoms with van der Waals surface area (Å²) in [4.78, 5) is 14.2. The summed E-state index contributed by atoms with van der Waals surface area (Å²) in [6.45, 7) is 4.86. The second-order valence-electron chi connectivity index (χ2n) is 5.83. The van der Waals surface area contributed by atoms with Crippen LogP contribution in [0.25, 0.3) is 11.3 Å². The van der Waals surface area contributed by atoms with Crippen LogP contribution in [0.3, 0.4) is 0 Å². The number of aromatic nitrogens is 2. The molecule has 1 aliphatic heterocycles. The van der Waals surface area contributed by atoms with E-state index in [0.29, 0.717) is 6.54 Å². The molecule has 2 heterocycles. The van der Waals surface area contributed by atoms with Gasteiger partial charge in [0.2, 0.25) is 5.91 Å². The maximum atomic E-state index is 12.3. The Hall–Kier alpha value is -2.30. The number of carbonyl (C=O) groups excluding carboxylic acids is 1. The van der Waals surface area contributed by atoms with Crippen molar-refractivity contribution in [2.45, 2.75) is 32.7 Å². The Morgan fingerprint density at radius 3 is 2.61 bits per heavy atom. The highest BCUT2D eigenvalue weighted by Crippen LogP contribution is 2.22. The summed E-state index contributed by atoms with van der Waals surface area (Å²) in [6.07, 6.45) is 4.95. The number of likely N-dealkylation sites (tertiary alicyclic amines) is 1. The lowest BCUT2D eigenvalue weighted by molar-refractivity contribution is -0.130. The zero-order valence-electron chi connectivity index (χ0n) is 13.6. The first-order valence-corrected chi connectivity index (χ1v) is 8.31. The second kappa shape index (κ2) is 7.31. The summed E-state index contributed by atoms with van der Waals surface area (Å²) in [5.74, 6) is 1.02. The quantitative estimate of drug-likeness (QED) is 0.824. The second-order valence-corrected chi connectivity index (χ2v) is 5.83. The van der Waals surface area contributed by atoms with Crippen molar-refractivity contribution in [2.75, 3.05) is 19.7 Å². The lowest BCUT2D eigenvalue weighted by atomic mass is 10.1. The van der Waals surface area contributed by atoms with E-state index in [1.54, 1.807) is 10.9 Å². The Morgan fingerprint density at radius 2 is 1.91 bits per heavy atom. The van der Waals surface area contributed by atoms with Gasteiger partial charge in [0, 0.05) is 24.8 Å². The van der Waals surface area contributed by atoms with E-state index in [2.05, 4.69) is 12.0 Å². The zero-order valence-corrected chi connectivity index (χ0v) is 13.6. The molecular formula is C18H23N3O2. The normalized spacial score (nSPS) is 14.2. The van der Waals surface area contributed by atoms with Crippen LogP contribution in [0, 0.1) is 0 Å². The Kier molecular flexibility index (Phi) is 4.95. The molecule has 3 rings (SSSR count). The van der Waals surface area contributed by atoms with Crippen LogP contribution in [0.1, 0.15) is 26.2 Å². The molecule has 1 aromatic carbocycles. The van der Waals surface area contributed by atoms with Gasteiger partial charge in [0.05, 0.1) is 12.3 Å². The van der Waals surface area contributed by atoms with Crippen molar-refractivity contribution in [2.24, 2.45) is 0 Å². The SMILES string of the molecule is CCCOc1ccc(-c2ccnn2CC(=O)N2CCCC2)cc1. The molecule has 0 radical (unpaired) electrons. The minimum absolute atomic E-state index is 0.148. The van der Waals surface area contributed by atoms with E-state index in [0.717, 1.165) is 56.0 Å². The topological polar surface area (TPSA) is 47.4 Å². The van der Waals surface area contributed by atoms with Crippen LogP contribution in [-0.4, -0.2) is 40.3 Å². The summed E-state index contributed by atoms with van der Waals surface area (Å²) in [7, 11) is 0. The van der Waals surface area contributed by atoms with Gasteiger partial charge in [-0.3, -0.25) is 9.48 Å². The number of carbonyl (C=O) groups is 1. The van der Waals surface area contributed by atoms with E-state index in [1.165, 1.54) is 0 Å². The van der Waals surface area contributed by atoms with Crippen LogP contribution in [0.4, 0.5) is 0 Å². The Labute approximate surface area is 136 Å². The highest BCUT2D eigenvalue weighted by molar-refractivity contribution is 5.77. The van der Waals surface area contributed by atoms with Crippen LogP contribution in [-0.2, 0) is 11.3 Å². The average Bonchev–Trinajstić information content (AvgIpc) is 3.25. The molecule has 23 heavy (non-hydrogen) atoms. The van der Waals surface area contributed by atoms with Gasteiger partial charge in [-0.15, -0.1) is 0 Å². The molecule has 1 aliphatic rings. The first-order valence-electron chi connectivity index (χ1n) is 8.31. The van der Waals surface area contributed by atoms with Crippen molar-refractivity contribution in [3.8, 4) is 17.0 Å². The third-order valence-corrected chi connectivity index (χ3v) is 4.08. The van der Waals surface area contributed by atoms with Gasteiger partial charge in [-0.2, -0.15) is 5.10 Å². The molecule has 1 amide bonds. The van der Waals surface area contributed by atoms with Gasteiger partial charge in [-0.05, 0) is 49.6 Å². The van der Waals surface area contributed by atoms with Crippen LogP contribution >= 0.6 is 0 Å². The summed E-state index contributed by atoms with van der Waals surface area (Å²) < 4.78 is 7.39. The molecule has 122 valence electrons. The fourth-order valence-electron chi connectivity index (χ4n) is 2.84. The van der Waals surface area contributed by atoms with E-state index >= 15 is 0 Å². The monoisotopic (exact) mass is 313 g/mol. The molecular weight excluding hydrogens is 290 g/mol. The highest BCUT2D eigenvalue weighted by atomic mass is 16.5. The van der Waals surface area contributed by atoms with Crippen molar-refractivity contribution in [3.63, 3.8) is 0 Å². The molecule has 0 N–H and O–H groups in total. The molecule has 0 saturated carbocycles. The summed E-state index contributed by atoms with van der Waals surface area (Å²) in [5.41, 5.74) is 2.00. The van der Waals surface area contributed by atoms with Crippen LogP contribution < -0.4 is 4.74 Å². The fraction of sp³-hybridized carbons (Fsp3) is 0.444. The lowest BCUT2D eigenvalue weighted by Crippen LogP contribution is -2.31. The Morgan fingerprint density at radius 1 is 1.17 bits per heavy atom. The maximum Gasteiger partial charge on any atom is 0.244 e. The van der Waals surface area contributed by atoms with Crippen molar-refractivity contribution in [1.82, 2.24) is 14.7 Å². The largest absolute Gasteiger partial charge is 0.494 e. The van der Waals surface area contributed by atoms with Gasteiger partial charge >= 0.3 is 0 Å². The molecule has 1 saturated heterocycles. The van der Waals surface area contributed by atoms with Crippen LogP contribution in [0.5, 0.6) is 5.75 Å². The number of hydrogen-bond donors (Lipinski definition) is 0. The summed E-state index contributed by atoms with van der Waals surface area (Å²) in [6, 6.07) is 9.89. The van der Waals surface area contributed by atoms with E-state index < -0.39 is 0 Å².